The third-order valence-corrected chi connectivity index (χ3v) is 9.39. The van der Waals surface area contributed by atoms with Crippen molar-refractivity contribution in [2.75, 3.05) is 0 Å². The summed E-state index contributed by atoms with van der Waals surface area (Å²) in [6, 6.07) is 46.5. The van der Waals surface area contributed by atoms with Crippen LogP contribution in [0.3, 0.4) is 0 Å². The van der Waals surface area contributed by atoms with Crippen molar-refractivity contribution in [3.05, 3.63) is 145 Å². The Morgan fingerprint density at radius 1 is 0.548 bits per heavy atom. The molecule has 1 aliphatic carbocycles. The summed E-state index contributed by atoms with van der Waals surface area (Å²) >= 11 is 0. The van der Waals surface area contributed by atoms with E-state index in [0.29, 0.717) is 0 Å². The topological polar surface area (TPSA) is 17.8 Å². The molecule has 0 saturated heterocycles. The van der Waals surface area contributed by atoms with Crippen LogP contribution in [0.2, 0.25) is 0 Å². The van der Waals surface area contributed by atoms with E-state index in [1.54, 1.807) is 0 Å². The number of aromatic nitrogens is 2. The van der Waals surface area contributed by atoms with Crippen molar-refractivity contribution >= 4 is 43.5 Å². The van der Waals surface area contributed by atoms with Gasteiger partial charge in [-0.1, -0.05) is 105 Å². The molecular weight excluding hydrogens is 508 g/mol. The van der Waals surface area contributed by atoms with E-state index in [1.807, 2.05) is 6.20 Å². The molecule has 42 heavy (non-hydrogen) atoms. The average molecular weight is 537 g/mol. The molecule has 0 amide bonds. The highest BCUT2D eigenvalue weighted by Gasteiger charge is 2.39. The zero-order chi connectivity index (χ0) is 28.0. The Hall–Kier alpha value is -5.21. The van der Waals surface area contributed by atoms with Gasteiger partial charge in [0.05, 0.1) is 16.6 Å². The molecule has 0 saturated carbocycles. The van der Waals surface area contributed by atoms with Crippen molar-refractivity contribution in [2.24, 2.45) is 0 Å². The number of hydrogen-bond donors (Lipinski definition) is 0. The van der Waals surface area contributed by atoms with Crippen LogP contribution in [0, 0.1) is 0 Å². The fraction of sp³-hybridized carbons (Fsp3) is 0.0750. The highest BCUT2D eigenvalue weighted by atomic mass is 15.0. The van der Waals surface area contributed by atoms with Gasteiger partial charge in [0.25, 0.3) is 0 Å². The van der Waals surface area contributed by atoms with E-state index in [1.165, 1.54) is 77.0 Å². The van der Waals surface area contributed by atoms with Crippen molar-refractivity contribution in [1.82, 2.24) is 9.55 Å². The van der Waals surface area contributed by atoms with E-state index >= 15 is 0 Å². The Morgan fingerprint density at radius 2 is 1.26 bits per heavy atom. The van der Waals surface area contributed by atoms with Crippen LogP contribution in [0.15, 0.2) is 134 Å². The van der Waals surface area contributed by atoms with Crippen LogP contribution in [0.5, 0.6) is 0 Å². The average Bonchev–Trinajstić information content (AvgIpc) is 3.50. The molecule has 0 N–H and O–H groups in total. The standard InChI is InChI=1S/C40H28N2/c1-40(2)34-24-27(19-20-31(34)37-29-14-6-7-15-30(29)39-32(38(37)40)16-10-22-41-39)42-35-17-9-8-13-28(35)33-23-26(18-21-36(33)42)25-11-4-3-5-12-25/h3-24H,1-2H3. The van der Waals surface area contributed by atoms with Gasteiger partial charge in [-0.25, -0.2) is 0 Å². The van der Waals surface area contributed by atoms with E-state index in [9.17, 15) is 0 Å². The van der Waals surface area contributed by atoms with Gasteiger partial charge < -0.3 is 4.57 Å². The Kier molecular flexibility index (Phi) is 4.70. The lowest BCUT2D eigenvalue weighted by Crippen LogP contribution is -2.16. The minimum absolute atomic E-state index is 0.175. The first-order valence-corrected chi connectivity index (χ1v) is 14.6. The molecule has 9 rings (SSSR count). The van der Waals surface area contributed by atoms with Crippen molar-refractivity contribution in [3.63, 3.8) is 0 Å². The summed E-state index contributed by atoms with van der Waals surface area (Å²) in [5.74, 6) is 0. The lowest BCUT2D eigenvalue weighted by molar-refractivity contribution is 0.666. The van der Waals surface area contributed by atoms with Gasteiger partial charge in [0.15, 0.2) is 0 Å². The second-order valence-corrected chi connectivity index (χ2v) is 12.0. The lowest BCUT2D eigenvalue weighted by Gasteiger charge is -2.24. The molecule has 0 radical (unpaired) electrons. The number of para-hydroxylation sites is 1. The fourth-order valence-corrected chi connectivity index (χ4v) is 7.53. The molecule has 8 aromatic rings. The van der Waals surface area contributed by atoms with Crippen LogP contribution in [-0.2, 0) is 5.41 Å². The maximum Gasteiger partial charge on any atom is 0.0783 e. The van der Waals surface area contributed by atoms with Crippen LogP contribution < -0.4 is 0 Å². The number of pyridine rings is 1. The quantitative estimate of drug-likeness (QED) is 0.201. The molecule has 0 spiro atoms. The summed E-state index contributed by atoms with van der Waals surface area (Å²) in [5, 5.41) is 6.30. The Morgan fingerprint density at radius 3 is 2.12 bits per heavy atom. The maximum atomic E-state index is 4.87. The Labute approximate surface area is 244 Å². The highest BCUT2D eigenvalue weighted by Crippen LogP contribution is 2.54. The number of rotatable bonds is 2. The van der Waals surface area contributed by atoms with Gasteiger partial charge >= 0.3 is 0 Å². The van der Waals surface area contributed by atoms with Gasteiger partial charge in [-0.15, -0.1) is 0 Å². The summed E-state index contributed by atoms with van der Waals surface area (Å²) < 4.78 is 2.44. The fourth-order valence-electron chi connectivity index (χ4n) is 7.53. The van der Waals surface area contributed by atoms with Gasteiger partial charge in [-0.3, -0.25) is 4.98 Å². The van der Waals surface area contributed by atoms with Gasteiger partial charge in [0.2, 0.25) is 0 Å². The van der Waals surface area contributed by atoms with E-state index < -0.39 is 0 Å². The molecule has 2 heterocycles. The van der Waals surface area contributed by atoms with Crippen LogP contribution in [0.4, 0.5) is 0 Å². The smallest absolute Gasteiger partial charge is 0.0783 e. The summed E-state index contributed by atoms with van der Waals surface area (Å²) in [6.45, 7) is 4.75. The largest absolute Gasteiger partial charge is 0.309 e. The summed E-state index contributed by atoms with van der Waals surface area (Å²) in [4.78, 5) is 4.87. The Balaban J connectivity index is 1.32. The predicted molar refractivity (Wildman–Crippen MR) is 177 cm³/mol. The maximum absolute atomic E-state index is 4.87. The zero-order valence-corrected chi connectivity index (χ0v) is 23.6. The number of nitrogens with zero attached hydrogens (tertiary/aromatic N) is 2. The minimum Gasteiger partial charge on any atom is -0.309 e. The van der Waals surface area contributed by atoms with Crippen molar-refractivity contribution < 1.29 is 0 Å². The molecular formula is C40H28N2. The normalized spacial score (nSPS) is 13.7. The van der Waals surface area contributed by atoms with E-state index in [-0.39, 0.29) is 5.41 Å². The molecule has 0 bridgehead atoms. The second-order valence-electron chi connectivity index (χ2n) is 12.0. The number of fused-ring (bicyclic) bond motifs is 11. The third-order valence-electron chi connectivity index (χ3n) is 9.39. The van der Waals surface area contributed by atoms with Crippen LogP contribution in [0.1, 0.15) is 25.0 Å². The molecule has 2 nitrogen and oxygen atoms in total. The molecule has 2 aromatic heterocycles. The highest BCUT2D eigenvalue weighted by molar-refractivity contribution is 6.17. The van der Waals surface area contributed by atoms with Gasteiger partial charge in [0, 0.05) is 38.8 Å². The first-order chi connectivity index (χ1) is 20.6. The summed E-state index contributed by atoms with van der Waals surface area (Å²) in [5.41, 5.74) is 12.5. The molecule has 0 unspecified atom stereocenters. The first kappa shape index (κ1) is 23.5. The lowest BCUT2D eigenvalue weighted by atomic mass is 9.80. The van der Waals surface area contributed by atoms with E-state index in [0.717, 1.165) is 5.52 Å². The van der Waals surface area contributed by atoms with Crippen LogP contribution in [0.25, 0.3) is 71.4 Å². The van der Waals surface area contributed by atoms with Crippen LogP contribution >= 0.6 is 0 Å². The second kappa shape index (κ2) is 8.41. The van der Waals surface area contributed by atoms with Crippen molar-refractivity contribution in [1.29, 1.82) is 0 Å². The molecule has 0 fully saturated rings. The number of hydrogen-bond acceptors (Lipinski definition) is 1. The number of benzene rings is 6. The summed E-state index contributed by atoms with van der Waals surface area (Å²) in [6.07, 6.45) is 1.92. The minimum atomic E-state index is -0.175. The van der Waals surface area contributed by atoms with Crippen LogP contribution in [-0.4, -0.2) is 9.55 Å². The van der Waals surface area contributed by atoms with E-state index in [4.69, 9.17) is 4.98 Å². The van der Waals surface area contributed by atoms with Gasteiger partial charge in [-0.05, 0) is 75.2 Å². The first-order valence-electron chi connectivity index (χ1n) is 14.6. The van der Waals surface area contributed by atoms with Gasteiger partial charge in [0.1, 0.15) is 0 Å². The molecule has 0 aliphatic heterocycles. The van der Waals surface area contributed by atoms with Crippen molar-refractivity contribution in [3.8, 4) is 27.9 Å². The molecule has 198 valence electrons. The van der Waals surface area contributed by atoms with Gasteiger partial charge in [-0.2, -0.15) is 0 Å². The molecule has 0 atom stereocenters. The molecule has 2 heteroatoms. The predicted octanol–water partition coefficient (Wildman–Crippen LogP) is 10.5. The molecule has 1 aliphatic rings. The van der Waals surface area contributed by atoms with Crippen molar-refractivity contribution in [2.45, 2.75) is 19.3 Å². The van der Waals surface area contributed by atoms with E-state index in [2.05, 4.69) is 146 Å². The Bertz CT molecular complexity index is 2370. The molecule has 6 aromatic carbocycles. The zero-order valence-electron chi connectivity index (χ0n) is 23.6. The SMILES string of the molecule is CC1(C)c2cc(-n3c4ccccc4c4cc(-c5ccccc5)ccc43)ccc2-c2c1c1cccnc1c1ccccc21. The summed E-state index contributed by atoms with van der Waals surface area (Å²) in [7, 11) is 0. The monoisotopic (exact) mass is 536 g/mol. The third kappa shape index (κ3) is 3.07.